The molecule has 0 heterocycles. The lowest BCUT2D eigenvalue weighted by molar-refractivity contribution is 0.259. The van der Waals surface area contributed by atoms with Crippen molar-refractivity contribution < 1.29 is 0 Å². The van der Waals surface area contributed by atoms with E-state index in [4.69, 9.17) is 4.99 Å². The molecule has 0 bridgehead atoms. The third-order valence-electron chi connectivity index (χ3n) is 4.45. The normalized spacial score (nSPS) is 18.3. The van der Waals surface area contributed by atoms with Crippen LogP contribution in [0.4, 0.5) is 0 Å². The zero-order valence-electron chi connectivity index (χ0n) is 14.7. The SMILES string of the molecule is CCCCN(C)C(=NCCN(CC1CC1)C1CC1)NCC.I. The van der Waals surface area contributed by atoms with Gasteiger partial charge in [-0.1, -0.05) is 13.3 Å². The molecule has 5 heteroatoms. The van der Waals surface area contributed by atoms with Crippen molar-refractivity contribution in [2.75, 3.05) is 39.8 Å². The Bertz CT molecular complexity index is 327. The minimum absolute atomic E-state index is 0. The summed E-state index contributed by atoms with van der Waals surface area (Å²) in [6.45, 7) is 9.82. The first kappa shape index (κ1) is 20.0. The van der Waals surface area contributed by atoms with Crippen LogP contribution in [0.25, 0.3) is 0 Å². The summed E-state index contributed by atoms with van der Waals surface area (Å²) in [5.74, 6) is 2.07. The molecule has 2 aliphatic carbocycles. The number of nitrogens with zero attached hydrogens (tertiary/aromatic N) is 3. The van der Waals surface area contributed by atoms with E-state index < -0.39 is 0 Å². The van der Waals surface area contributed by atoms with Gasteiger partial charge in [0.15, 0.2) is 5.96 Å². The van der Waals surface area contributed by atoms with E-state index in [1.807, 2.05) is 0 Å². The molecule has 2 saturated carbocycles. The van der Waals surface area contributed by atoms with E-state index in [0.29, 0.717) is 0 Å². The molecule has 22 heavy (non-hydrogen) atoms. The van der Waals surface area contributed by atoms with Crippen LogP contribution in [-0.4, -0.2) is 61.6 Å². The van der Waals surface area contributed by atoms with Crippen molar-refractivity contribution in [2.24, 2.45) is 10.9 Å². The Morgan fingerprint density at radius 3 is 2.41 bits per heavy atom. The summed E-state index contributed by atoms with van der Waals surface area (Å²) in [5.41, 5.74) is 0. The molecule has 0 spiro atoms. The average Bonchev–Trinajstić information content (AvgIpc) is 3.35. The second-order valence-electron chi connectivity index (χ2n) is 6.68. The zero-order chi connectivity index (χ0) is 15.1. The van der Waals surface area contributed by atoms with Crippen molar-refractivity contribution in [3.05, 3.63) is 0 Å². The molecule has 0 aromatic carbocycles. The van der Waals surface area contributed by atoms with Crippen molar-refractivity contribution in [3.8, 4) is 0 Å². The Kier molecular flexibility index (Phi) is 9.71. The topological polar surface area (TPSA) is 30.9 Å². The Labute approximate surface area is 154 Å². The minimum atomic E-state index is 0. The molecule has 0 radical (unpaired) electrons. The molecule has 2 aliphatic rings. The van der Waals surface area contributed by atoms with E-state index in [0.717, 1.165) is 44.1 Å². The van der Waals surface area contributed by atoms with Crippen LogP contribution >= 0.6 is 24.0 Å². The van der Waals surface area contributed by atoms with Crippen molar-refractivity contribution in [2.45, 2.75) is 58.4 Å². The van der Waals surface area contributed by atoms with Crippen molar-refractivity contribution in [1.82, 2.24) is 15.1 Å². The number of guanidine groups is 1. The molecule has 2 rings (SSSR count). The predicted molar refractivity (Wildman–Crippen MR) is 106 cm³/mol. The van der Waals surface area contributed by atoms with Gasteiger partial charge in [0, 0.05) is 39.3 Å². The maximum Gasteiger partial charge on any atom is 0.193 e. The van der Waals surface area contributed by atoms with Crippen molar-refractivity contribution >= 4 is 29.9 Å². The molecule has 0 aromatic rings. The summed E-state index contributed by atoms with van der Waals surface area (Å²) in [7, 11) is 2.15. The van der Waals surface area contributed by atoms with Crippen LogP contribution in [0.2, 0.25) is 0 Å². The summed E-state index contributed by atoms with van der Waals surface area (Å²) in [5, 5.41) is 3.42. The Hall–Kier alpha value is -0.0400. The third kappa shape index (κ3) is 7.49. The van der Waals surface area contributed by atoms with E-state index in [1.165, 1.54) is 45.1 Å². The second kappa shape index (κ2) is 10.7. The average molecular weight is 422 g/mol. The van der Waals surface area contributed by atoms with E-state index in [9.17, 15) is 0 Å². The fourth-order valence-corrected chi connectivity index (χ4v) is 2.75. The highest BCUT2D eigenvalue weighted by Crippen LogP contribution is 2.34. The van der Waals surface area contributed by atoms with Gasteiger partial charge in [-0.25, -0.2) is 0 Å². The molecule has 1 N–H and O–H groups in total. The smallest absolute Gasteiger partial charge is 0.193 e. The number of aliphatic imine (C=N–C) groups is 1. The molecule has 0 amide bonds. The minimum Gasteiger partial charge on any atom is -0.357 e. The summed E-state index contributed by atoms with van der Waals surface area (Å²) in [6.07, 6.45) is 8.20. The molecule has 0 aromatic heterocycles. The molecule has 0 unspecified atom stereocenters. The van der Waals surface area contributed by atoms with Crippen LogP contribution in [0.15, 0.2) is 4.99 Å². The number of rotatable bonds is 10. The van der Waals surface area contributed by atoms with Gasteiger partial charge < -0.3 is 10.2 Å². The highest BCUT2D eigenvalue weighted by Gasteiger charge is 2.33. The highest BCUT2D eigenvalue weighted by atomic mass is 127. The van der Waals surface area contributed by atoms with Gasteiger partial charge in [0.25, 0.3) is 0 Å². The summed E-state index contributed by atoms with van der Waals surface area (Å²) >= 11 is 0. The van der Waals surface area contributed by atoms with Gasteiger partial charge in [-0.05, 0) is 44.9 Å². The second-order valence-corrected chi connectivity index (χ2v) is 6.68. The number of unbranched alkanes of at least 4 members (excludes halogenated alkanes) is 1. The Morgan fingerprint density at radius 1 is 1.14 bits per heavy atom. The maximum atomic E-state index is 4.83. The Morgan fingerprint density at radius 2 is 1.86 bits per heavy atom. The summed E-state index contributed by atoms with van der Waals surface area (Å²) < 4.78 is 0. The van der Waals surface area contributed by atoms with Gasteiger partial charge in [-0.2, -0.15) is 0 Å². The van der Waals surface area contributed by atoms with E-state index >= 15 is 0 Å². The molecule has 4 nitrogen and oxygen atoms in total. The van der Waals surface area contributed by atoms with E-state index in [1.54, 1.807) is 0 Å². The molecule has 130 valence electrons. The van der Waals surface area contributed by atoms with Crippen LogP contribution < -0.4 is 5.32 Å². The number of hydrogen-bond donors (Lipinski definition) is 1. The maximum absolute atomic E-state index is 4.83. The summed E-state index contributed by atoms with van der Waals surface area (Å²) in [4.78, 5) is 9.80. The van der Waals surface area contributed by atoms with Gasteiger partial charge in [-0.15, -0.1) is 24.0 Å². The lowest BCUT2D eigenvalue weighted by Crippen LogP contribution is -2.40. The molecular formula is C17H35IN4. The fourth-order valence-electron chi connectivity index (χ4n) is 2.75. The van der Waals surface area contributed by atoms with Gasteiger partial charge in [0.05, 0.1) is 6.54 Å². The van der Waals surface area contributed by atoms with Gasteiger partial charge in [0.1, 0.15) is 0 Å². The molecule has 0 atom stereocenters. The monoisotopic (exact) mass is 422 g/mol. The number of nitrogens with one attached hydrogen (secondary N) is 1. The molecule has 0 aliphatic heterocycles. The van der Waals surface area contributed by atoms with Crippen molar-refractivity contribution in [1.29, 1.82) is 0 Å². The number of hydrogen-bond acceptors (Lipinski definition) is 2. The Balaban J connectivity index is 0.00000242. The lowest BCUT2D eigenvalue weighted by atomic mass is 10.3. The van der Waals surface area contributed by atoms with Crippen LogP contribution in [0.1, 0.15) is 52.4 Å². The van der Waals surface area contributed by atoms with E-state index in [2.05, 4.69) is 36.0 Å². The van der Waals surface area contributed by atoms with Gasteiger partial charge in [0.2, 0.25) is 0 Å². The lowest BCUT2D eigenvalue weighted by Gasteiger charge is -2.23. The largest absolute Gasteiger partial charge is 0.357 e. The fraction of sp³-hybridized carbons (Fsp3) is 0.941. The highest BCUT2D eigenvalue weighted by molar-refractivity contribution is 14.0. The van der Waals surface area contributed by atoms with Gasteiger partial charge in [-0.3, -0.25) is 9.89 Å². The quantitative estimate of drug-likeness (QED) is 0.333. The molecular weight excluding hydrogens is 387 g/mol. The third-order valence-corrected chi connectivity index (χ3v) is 4.45. The van der Waals surface area contributed by atoms with Crippen LogP contribution in [0.3, 0.4) is 0 Å². The first-order valence-corrected chi connectivity index (χ1v) is 8.98. The van der Waals surface area contributed by atoms with Crippen LogP contribution in [0.5, 0.6) is 0 Å². The van der Waals surface area contributed by atoms with Crippen molar-refractivity contribution in [3.63, 3.8) is 0 Å². The molecule has 0 saturated heterocycles. The van der Waals surface area contributed by atoms with E-state index in [-0.39, 0.29) is 24.0 Å². The van der Waals surface area contributed by atoms with Crippen LogP contribution in [0, 0.1) is 5.92 Å². The standard InChI is InChI=1S/C17H34N4.HI/c1-4-6-12-20(3)17(18-5-2)19-11-13-21(16-9-10-16)14-15-7-8-15;/h15-16H,4-14H2,1-3H3,(H,18,19);1H. The first-order chi connectivity index (χ1) is 10.2. The number of halogens is 1. The predicted octanol–water partition coefficient (Wildman–Crippen LogP) is 3.18. The van der Waals surface area contributed by atoms with Crippen LogP contribution in [-0.2, 0) is 0 Å². The van der Waals surface area contributed by atoms with Gasteiger partial charge >= 0.3 is 0 Å². The zero-order valence-corrected chi connectivity index (χ0v) is 17.0. The summed E-state index contributed by atoms with van der Waals surface area (Å²) in [6, 6.07) is 0.876. The molecule has 2 fully saturated rings. The first-order valence-electron chi connectivity index (χ1n) is 8.98.